The maximum Gasteiger partial charge on any atom is 0.435 e. The third kappa shape index (κ3) is 1.93. The first-order chi connectivity index (χ1) is 5.95. The summed E-state index contributed by atoms with van der Waals surface area (Å²) in [7, 11) is 0. The SMILES string of the molecule is C#CCn1nc(C(F)(F)F)cc1N. The Morgan fingerprint density at radius 1 is 1.62 bits per heavy atom. The highest BCUT2D eigenvalue weighted by atomic mass is 19.4. The number of halogens is 3. The van der Waals surface area contributed by atoms with Crippen LogP contribution in [0.5, 0.6) is 0 Å². The molecule has 0 aliphatic carbocycles. The summed E-state index contributed by atoms with van der Waals surface area (Å²) in [5.74, 6) is 2.05. The van der Waals surface area contributed by atoms with Gasteiger partial charge >= 0.3 is 6.18 Å². The Bertz CT molecular complexity index is 345. The van der Waals surface area contributed by atoms with Crippen molar-refractivity contribution in [3.05, 3.63) is 11.8 Å². The van der Waals surface area contributed by atoms with E-state index in [4.69, 9.17) is 12.2 Å². The highest BCUT2D eigenvalue weighted by Crippen LogP contribution is 2.28. The summed E-state index contributed by atoms with van der Waals surface area (Å²) >= 11 is 0. The predicted octanol–water partition coefficient (Wildman–Crippen LogP) is 1.12. The Balaban J connectivity index is 3.04. The molecule has 0 aliphatic rings. The standard InChI is InChI=1S/C7H6F3N3/c1-2-3-13-6(11)4-5(12-13)7(8,9)10/h1,4H,3,11H2. The van der Waals surface area contributed by atoms with Crippen LogP contribution in [-0.4, -0.2) is 9.78 Å². The number of hydrogen-bond donors (Lipinski definition) is 1. The van der Waals surface area contributed by atoms with Crippen molar-refractivity contribution < 1.29 is 13.2 Å². The average molecular weight is 189 g/mol. The molecule has 1 aromatic heterocycles. The zero-order chi connectivity index (χ0) is 10.1. The first-order valence-electron chi connectivity index (χ1n) is 3.29. The number of nitrogens with zero attached hydrogens (tertiary/aromatic N) is 2. The van der Waals surface area contributed by atoms with Crippen LogP contribution in [0.1, 0.15) is 5.69 Å². The fourth-order valence-electron chi connectivity index (χ4n) is 0.783. The summed E-state index contributed by atoms with van der Waals surface area (Å²) in [6.45, 7) is -0.0675. The van der Waals surface area contributed by atoms with Gasteiger partial charge in [-0.05, 0) is 0 Å². The topological polar surface area (TPSA) is 43.8 Å². The number of hydrogen-bond acceptors (Lipinski definition) is 2. The highest BCUT2D eigenvalue weighted by Gasteiger charge is 2.34. The van der Waals surface area contributed by atoms with Crippen LogP contribution in [0.4, 0.5) is 19.0 Å². The van der Waals surface area contributed by atoms with Gasteiger partial charge in [-0.1, -0.05) is 5.92 Å². The van der Waals surface area contributed by atoms with Gasteiger partial charge in [0.2, 0.25) is 0 Å². The molecule has 1 heterocycles. The first kappa shape index (κ1) is 9.45. The fraction of sp³-hybridized carbons (Fsp3) is 0.286. The molecule has 0 aromatic carbocycles. The summed E-state index contributed by atoms with van der Waals surface area (Å²) < 4.78 is 37.0. The van der Waals surface area contributed by atoms with E-state index < -0.39 is 11.9 Å². The Labute approximate surface area is 72.3 Å². The predicted molar refractivity (Wildman–Crippen MR) is 40.5 cm³/mol. The van der Waals surface area contributed by atoms with Crippen LogP contribution in [0.3, 0.4) is 0 Å². The molecule has 6 heteroatoms. The molecule has 1 rings (SSSR count). The lowest BCUT2D eigenvalue weighted by atomic mass is 10.4. The van der Waals surface area contributed by atoms with E-state index in [1.54, 1.807) is 0 Å². The number of nitrogens with two attached hydrogens (primary N) is 1. The van der Waals surface area contributed by atoms with Gasteiger partial charge in [0.15, 0.2) is 5.69 Å². The monoisotopic (exact) mass is 189 g/mol. The quantitative estimate of drug-likeness (QED) is 0.672. The molecular weight excluding hydrogens is 183 g/mol. The zero-order valence-electron chi connectivity index (χ0n) is 6.47. The van der Waals surface area contributed by atoms with Crippen molar-refractivity contribution in [3.63, 3.8) is 0 Å². The molecule has 0 saturated carbocycles. The average Bonchev–Trinajstić information content (AvgIpc) is 2.32. The van der Waals surface area contributed by atoms with Gasteiger partial charge in [-0.3, -0.25) is 0 Å². The van der Waals surface area contributed by atoms with E-state index in [1.807, 2.05) is 0 Å². The molecule has 0 amide bonds. The second kappa shape index (κ2) is 3.01. The van der Waals surface area contributed by atoms with Crippen LogP contribution in [0.25, 0.3) is 0 Å². The van der Waals surface area contributed by atoms with Gasteiger partial charge in [0, 0.05) is 6.07 Å². The van der Waals surface area contributed by atoms with E-state index in [2.05, 4.69) is 11.0 Å². The Morgan fingerprint density at radius 2 is 2.23 bits per heavy atom. The third-order valence-corrected chi connectivity index (χ3v) is 1.34. The smallest absolute Gasteiger partial charge is 0.384 e. The van der Waals surface area contributed by atoms with E-state index in [-0.39, 0.29) is 12.4 Å². The molecule has 0 saturated heterocycles. The Hall–Kier alpha value is -1.64. The van der Waals surface area contributed by atoms with E-state index in [9.17, 15) is 13.2 Å². The number of anilines is 1. The lowest BCUT2D eigenvalue weighted by Crippen LogP contribution is -2.08. The summed E-state index contributed by atoms with van der Waals surface area (Å²) in [4.78, 5) is 0. The maximum absolute atomic E-state index is 12.0. The molecular formula is C7H6F3N3. The molecule has 0 bridgehead atoms. The summed E-state index contributed by atoms with van der Waals surface area (Å²) in [6.07, 6.45) is 0.422. The Kier molecular flexibility index (Phi) is 2.19. The van der Waals surface area contributed by atoms with Crippen LogP contribution in [0.15, 0.2) is 6.07 Å². The summed E-state index contributed by atoms with van der Waals surface area (Å²) in [5.41, 5.74) is 4.20. The van der Waals surface area contributed by atoms with Gasteiger partial charge in [0.25, 0.3) is 0 Å². The number of nitrogen functional groups attached to an aromatic ring is 1. The zero-order valence-corrected chi connectivity index (χ0v) is 6.47. The summed E-state index contributed by atoms with van der Waals surface area (Å²) in [5, 5.41) is 3.19. The van der Waals surface area contributed by atoms with E-state index in [0.29, 0.717) is 0 Å². The molecule has 0 aliphatic heterocycles. The van der Waals surface area contributed by atoms with Crippen LogP contribution in [-0.2, 0) is 12.7 Å². The molecule has 0 spiro atoms. The van der Waals surface area contributed by atoms with Gasteiger partial charge in [-0.15, -0.1) is 6.42 Å². The van der Waals surface area contributed by atoms with Crippen molar-refractivity contribution in [1.29, 1.82) is 0 Å². The molecule has 0 atom stereocenters. The number of rotatable bonds is 1. The minimum atomic E-state index is -4.48. The normalized spacial score (nSPS) is 11.2. The van der Waals surface area contributed by atoms with E-state index in [0.717, 1.165) is 10.7 Å². The third-order valence-electron chi connectivity index (χ3n) is 1.34. The van der Waals surface area contributed by atoms with Gasteiger partial charge in [-0.25, -0.2) is 4.68 Å². The van der Waals surface area contributed by atoms with Crippen molar-refractivity contribution in [2.45, 2.75) is 12.7 Å². The lowest BCUT2D eigenvalue weighted by molar-refractivity contribution is -0.141. The second-order valence-corrected chi connectivity index (χ2v) is 2.31. The maximum atomic E-state index is 12.0. The van der Waals surface area contributed by atoms with Crippen molar-refractivity contribution >= 4 is 5.82 Å². The minimum absolute atomic E-state index is 0.0675. The lowest BCUT2D eigenvalue weighted by Gasteiger charge is -1.99. The molecule has 0 radical (unpaired) electrons. The molecule has 2 N–H and O–H groups in total. The molecule has 0 fully saturated rings. The van der Waals surface area contributed by atoms with Crippen molar-refractivity contribution in [2.24, 2.45) is 0 Å². The van der Waals surface area contributed by atoms with Crippen LogP contribution in [0.2, 0.25) is 0 Å². The first-order valence-corrected chi connectivity index (χ1v) is 3.29. The van der Waals surface area contributed by atoms with Crippen molar-refractivity contribution in [2.75, 3.05) is 5.73 Å². The van der Waals surface area contributed by atoms with Crippen LogP contribution in [0, 0.1) is 12.3 Å². The molecule has 70 valence electrons. The number of alkyl halides is 3. The highest BCUT2D eigenvalue weighted by molar-refractivity contribution is 5.32. The van der Waals surface area contributed by atoms with Gasteiger partial charge in [0.1, 0.15) is 12.4 Å². The van der Waals surface area contributed by atoms with Crippen molar-refractivity contribution in [1.82, 2.24) is 9.78 Å². The Morgan fingerprint density at radius 3 is 2.62 bits per heavy atom. The van der Waals surface area contributed by atoms with Gasteiger partial charge in [-0.2, -0.15) is 18.3 Å². The molecule has 1 aromatic rings. The summed E-state index contributed by atoms with van der Waals surface area (Å²) in [6, 6.07) is 0.747. The van der Waals surface area contributed by atoms with Gasteiger partial charge in [0.05, 0.1) is 0 Å². The van der Waals surface area contributed by atoms with E-state index >= 15 is 0 Å². The van der Waals surface area contributed by atoms with E-state index in [1.165, 1.54) is 0 Å². The van der Waals surface area contributed by atoms with Crippen LogP contribution < -0.4 is 5.73 Å². The second-order valence-electron chi connectivity index (χ2n) is 2.31. The fourth-order valence-corrected chi connectivity index (χ4v) is 0.783. The number of terminal acetylenes is 1. The molecule has 0 unspecified atom stereocenters. The van der Waals surface area contributed by atoms with Crippen molar-refractivity contribution in [3.8, 4) is 12.3 Å². The molecule has 13 heavy (non-hydrogen) atoms. The minimum Gasteiger partial charge on any atom is -0.384 e. The van der Waals surface area contributed by atoms with Gasteiger partial charge < -0.3 is 5.73 Å². The largest absolute Gasteiger partial charge is 0.435 e. The molecule has 3 nitrogen and oxygen atoms in total. The van der Waals surface area contributed by atoms with Crippen LogP contribution >= 0.6 is 0 Å². The number of aromatic nitrogens is 2.